The van der Waals surface area contributed by atoms with Gasteiger partial charge in [0, 0.05) is 13.7 Å². The quantitative estimate of drug-likeness (QED) is 0.844. The van der Waals surface area contributed by atoms with Crippen molar-refractivity contribution in [1.82, 2.24) is 10.2 Å². The van der Waals surface area contributed by atoms with Gasteiger partial charge in [0.05, 0.1) is 18.7 Å². The Morgan fingerprint density at radius 2 is 1.55 bits per heavy atom. The van der Waals surface area contributed by atoms with Crippen LogP contribution in [0.25, 0.3) is 0 Å². The van der Waals surface area contributed by atoms with Gasteiger partial charge in [-0.1, -0.05) is 0 Å². The van der Waals surface area contributed by atoms with E-state index in [2.05, 4.69) is 5.32 Å². The Morgan fingerprint density at radius 3 is 2.00 bits per heavy atom. The highest BCUT2D eigenvalue weighted by Gasteiger charge is 2.38. The molecule has 0 aliphatic carbocycles. The van der Waals surface area contributed by atoms with Crippen LogP contribution in [0.5, 0.6) is 0 Å². The Hall–Kier alpha value is -1.50. The minimum absolute atomic E-state index is 0.292. The Bertz CT molecular complexity index is 411. The molecule has 0 spiro atoms. The topological polar surface area (TPSA) is 77.1 Å². The van der Waals surface area contributed by atoms with Gasteiger partial charge in [0.1, 0.15) is 11.2 Å². The molecule has 0 aromatic rings. The van der Waals surface area contributed by atoms with Crippen LogP contribution in [0.4, 0.5) is 9.59 Å². The van der Waals surface area contributed by atoms with Crippen molar-refractivity contribution in [1.29, 1.82) is 0 Å². The fourth-order valence-corrected chi connectivity index (χ4v) is 2.09. The van der Waals surface area contributed by atoms with Crippen LogP contribution in [-0.2, 0) is 14.2 Å². The first kappa shape index (κ1) is 18.5. The van der Waals surface area contributed by atoms with E-state index >= 15 is 0 Å². The van der Waals surface area contributed by atoms with E-state index in [9.17, 15) is 9.59 Å². The predicted octanol–water partition coefficient (Wildman–Crippen LogP) is 2.15. The largest absolute Gasteiger partial charge is 0.444 e. The average Bonchev–Trinajstić information content (AvgIpc) is 2.67. The summed E-state index contributed by atoms with van der Waals surface area (Å²) in [5, 5.41) is 2.75. The molecular weight excluding hydrogens is 288 g/mol. The smallest absolute Gasteiger partial charge is 0.410 e. The summed E-state index contributed by atoms with van der Waals surface area (Å²) in [6.07, 6.45) is -1.23. The molecule has 0 bridgehead atoms. The van der Waals surface area contributed by atoms with Gasteiger partial charge in [0.25, 0.3) is 0 Å². The van der Waals surface area contributed by atoms with E-state index in [-0.39, 0.29) is 12.1 Å². The molecule has 128 valence electrons. The minimum Gasteiger partial charge on any atom is -0.444 e. The standard InChI is InChI=1S/C15H28N2O5/c1-14(2,3)21-12(18)16-10-8-17(9-11(10)20-7)13(19)22-15(4,5)6/h10-11H,8-9H2,1-7H3,(H,16,18)/t10-,11+/m1/s1. The second-order valence-electron chi connectivity index (χ2n) is 7.41. The van der Waals surface area contributed by atoms with Gasteiger partial charge < -0.3 is 24.4 Å². The molecule has 0 saturated carbocycles. The zero-order valence-electron chi connectivity index (χ0n) is 14.6. The van der Waals surface area contributed by atoms with Crippen LogP contribution in [0.1, 0.15) is 41.5 Å². The molecule has 1 fully saturated rings. The van der Waals surface area contributed by atoms with Gasteiger partial charge in [-0.2, -0.15) is 0 Å². The van der Waals surface area contributed by atoms with Gasteiger partial charge >= 0.3 is 12.2 Å². The van der Waals surface area contributed by atoms with E-state index in [1.54, 1.807) is 27.9 Å². The van der Waals surface area contributed by atoms with E-state index in [4.69, 9.17) is 14.2 Å². The predicted molar refractivity (Wildman–Crippen MR) is 81.8 cm³/mol. The Balaban J connectivity index is 2.62. The molecule has 1 heterocycles. The van der Waals surface area contributed by atoms with Crippen molar-refractivity contribution in [3.63, 3.8) is 0 Å². The summed E-state index contributed by atoms with van der Waals surface area (Å²) in [5.74, 6) is 0. The lowest BCUT2D eigenvalue weighted by atomic mass is 10.2. The van der Waals surface area contributed by atoms with Crippen LogP contribution >= 0.6 is 0 Å². The third-order valence-corrected chi connectivity index (χ3v) is 2.92. The molecule has 1 rings (SSSR count). The number of ether oxygens (including phenoxy) is 3. The third kappa shape index (κ3) is 6.09. The summed E-state index contributed by atoms with van der Waals surface area (Å²) >= 11 is 0. The molecule has 7 heteroatoms. The molecule has 1 aliphatic rings. The minimum atomic E-state index is -0.573. The van der Waals surface area contributed by atoms with Crippen LogP contribution in [0.15, 0.2) is 0 Å². The number of likely N-dealkylation sites (tertiary alicyclic amines) is 1. The SMILES string of the molecule is CO[C@H]1CN(C(=O)OC(C)(C)C)C[C@H]1NC(=O)OC(C)(C)C. The summed E-state index contributed by atoms with van der Waals surface area (Å²) in [7, 11) is 1.55. The number of carbonyl (C=O) groups excluding carboxylic acids is 2. The first-order valence-corrected chi connectivity index (χ1v) is 7.41. The van der Waals surface area contributed by atoms with Gasteiger partial charge in [-0.25, -0.2) is 9.59 Å². The average molecular weight is 316 g/mol. The van der Waals surface area contributed by atoms with Crippen molar-refractivity contribution in [3.05, 3.63) is 0 Å². The number of nitrogens with one attached hydrogen (secondary N) is 1. The lowest BCUT2D eigenvalue weighted by Crippen LogP contribution is -2.46. The Kier molecular flexibility index (Phi) is 5.67. The van der Waals surface area contributed by atoms with Gasteiger partial charge in [0.15, 0.2) is 0 Å². The molecule has 0 unspecified atom stereocenters. The number of methoxy groups -OCH3 is 1. The maximum Gasteiger partial charge on any atom is 0.410 e. The van der Waals surface area contributed by atoms with Gasteiger partial charge in [0.2, 0.25) is 0 Å². The molecule has 7 nitrogen and oxygen atoms in total. The molecule has 0 aromatic carbocycles. The molecule has 1 N–H and O–H groups in total. The highest BCUT2D eigenvalue weighted by Crippen LogP contribution is 2.18. The lowest BCUT2D eigenvalue weighted by molar-refractivity contribution is 0.0252. The fourth-order valence-electron chi connectivity index (χ4n) is 2.09. The van der Waals surface area contributed by atoms with Crippen molar-refractivity contribution >= 4 is 12.2 Å². The van der Waals surface area contributed by atoms with Gasteiger partial charge in [-0.3, -0.25) is 0 Å². The van der Waals surface area contributed by atoms with Gasteiger partial charge in [-0.05, 0) is 41.5 Å². The van der Waals surface area contributed by atoms with E-state index in [0.717, 1.165) is 0 Å². The molecule has 0 radical (unpaired) electrons. The zero-order valence-corrected chi connectivity index (χ0v) is 14.6. The molecular formula is C15H28N2O5. The molecule has 2 amide bonds. The van der Waals surface area contributed by atoms with E-state index in [0.29, 0.717) is 13.1 Å². The van der Waals surface area contributed by atoms with Crippen molar-refractivity contribution < 1.29 is 23.8 Å². The molecule has 0 aromatic heterocycles. The first-order valence-electron chi connectivity index (χ1n) is 7.41. The second-order valence-corrected chi connectivity index (χ2v) is 7.41. The van der Waals surface area contributed by atoms with Crippen LogP contribution in [-0.4, -0.2) is 60.6 Å². The number of hydrogen-bond donors (Lipinski definition) is 1. The monoisotopic (exact) mass is 316 g/mol. The Morgan fingerprint density at radius 1 is 1.00 bits per heavy atom. The summed E-state index contributed by atoms with van der Waals surface area (Å²) in [6.45, 7) is 11.5. The van der Waals surface area contributed by atoms with Crippen LogP contribution < -0.4 is 5.32 Å². The maximum absolute atomic E-state index is 12.1. The summed E-state index contributed by atoms with van der Waals surface area (Å²) in [6, 6.07) is -0.327. The third-order valence-electron chi connectivity index (χ3n) is 2.92. The van der Waals surface area contributed by atoms with Crippen LogP contribution in [0.2, 0.25) is 0 Å². The van der Waals surface area contributed by atoms with E-state index in [1.807, 2.05) is 20.8 Å². The number of carbonyl (C=O) groups is 2. The molecule has 2 atom stereocenters. The molecule has 1 saturated heterocycles. The van der Waals surface area contributed by atoms with Crippen molar-refractivity contribution in [2.45, 2.75) is 64.9 Å². The van der Waals surface area contributed by atoms with Gasteiger partial charge in [-0.15, -0.1) is 0 Å². The maximum atomic E-state index is 12.1. The van der Waals surface area contributed by atoms with E-state index < -0.39 is 23.4 Å². The van der Waals surface area contributed by atoms with Crippen LogP contribution in [0.3, 0.4) is 0 Å². The van der Waals surface area contributed by atoms with Crippen molar-refractivity contribution in [2.24, 2.45) is 0 Å². The molecule has 1 aliphatic heterocycles. The number of rotatable bonds is 2. The van der Waals surface area contributed by atoms with Crippen molar-refractivity contribution in [2.75, 3.05) is 20.2 Å². The highest BCUT2D eigenvalue weighted by molar-refractivity contribution is 5.70. The number of alkyl carbamates (subject to hydrolysis) is 1. The number of nitrogens with zero attached hydrogens (tertiary/aromatic N) is 1. The highest BCUT2D eigenvalue weighted by atomic mass is 16.6. The van der Waals surface area contributed by atoms with Crippen molar-refractivity contribution in [3.8, 4) is 0 Å². The summed E-state index contributed by atoms with van der Waals surface area (Å²) < 4.78 is 15.9. The van der Waals surface area contributed by atoms with E-state index in [1.165, 1.54) is 4.90 Å². The first-order chi connectivity index (χ1) is 9.91. The fraction of sp³-hybridized carbons (Fsp3) is 0.867. The normalized spacial score (nSPS) is 22.4. The van der Waals surface area contributed by atoms with Crippen LogP contribution in [0, 0.1) is 0 Å². The zero-order chi connectivity index (χ0) is 17.1. The number of hydrogen-bond acceptors (Lipinski definition) is 5. The summed E-state index contributed by atoms with van der Waals surface area (Å²) in [4.78, 5) is 25.5. The Labute approximate surface area is 132 Å². The lowest BCUT2D eigenvalue weighted by Gasteiger charge is -2.24. The second kappa shape index (κ2) is 6.73. The summed E-state index contributed by atoms with van der Waals surface area (Å²) in [5.41, 5.74) is -1.13. The number of amides is 2. The molecule has 22 heavy (non-hydrogen) atoms.